The lowest BCUT2D eigenvalue weighted by atomic mass is 9.90. The van der Waals surface area contributed by atoms with Crippen LogP contribution in [0.25, 0.3) is 10.9 Å². The number of ketones is 1. The Labute approximate surface area is 180 Å². The van der Waals surface area contributed by atoms with Gasteiger partial charge in [0.25, 0.3) is 0 Å². The molecule has 164 valence electrons. The SMILES string of the molecule is Cn1cc(C(=O)CCC2CCN(Cc3cccc(C(F)(F)F)c3)CC2)c2ccccc21. The highest BCUT2D eigenvalue weighted by molar-refractivity contribution is 6.08. The minimum atomic E-state index is -4.31. The third kappa shape index (κ3) is 5.01. The van der Waals surface area contributed by atoms with Crippen LogP contribution < -0.4 is 0 Å². The first-order valence-electron chi connectivity index (χ1n) is 10.8. The number of hydrogen-bond acceptors (Lipinski definition) is 2. The van der Waals surface area contributed by atoms with Gasteiger partial charge in [0.15, 0.2) is 5.78 Å². The number of carbonyl (C=O) groups excluding carboxylic acids is 1. The van der Waals surface area contributed by atoms with Crippen LogP contribution in [0.4, 0.5) is 13.2 Å². The Morgan fingerprint density at radius 1 is 1.06 bits per heavy atom. The lowest BCUT2D eigenvalue weighted by Gasteiger charge is -2.32. The van der Waals surface area contributed by atoms with E-state index in [-0.39, 0.29) is 5.78 Å². The average Bonchev–Trinajstić information content (AvgIpc) is 3.10. The Bertz CT molecular complexity index is 1060. The van der Waals surface area contributed by atoms with E-state index in [1.165, 1.54) is 12.1 Å². The number of rotatable bonds is 6. The molecule has 1 saturated heterocycles. The van der Waals surface area contributed by atoms with Gasteiger partial charge in [-0.3, -0.25) is 9.69 Å². The summed E-state index contributed by atoms with van der Waals surface area (Å²) >= 11 is 0. The van der Waals surface area contributed by atoms with Gasteiger partial charge in [-0.25, -0.2) is 0 Å². The molecule has 0 radical (unpaired) electrons. The number of piperidine rings is 1. The van der Waals surface area contributed by atoms with Gasteiger partial charge in [-0.1, -0.05) is 36.4 Å². The number of alkyl halides is 3. The fourth-order valence-electron chi connectivity index (χ4n) is 4.57. The van der Waals surface area contributed by atoms with Gasteiger partial charge in [0.1, 0.15) is 0 Å². The summed E-state index contributed by atoms with van der Waals surface area (Å²) in [4.78, 5) is 15.0. The molecule has 31 heavy (non-hydrogen) atoms. The molecule has 0 N–H and O–H groups in total. The maximum atomic E-state index is 12.9. The van der Waals surface area contributed by atoms with Crippen molar-refractivity contribution in [3.63, 3.8) is 0 Å². The molecule has 2 heterocycles. The Kier molecular flexibility index (Phi) is 6.19. The fraction of sp³-hybridized carbons (Fsp3) is 0.400. The number of carbonyl (C=O) groups is 1. The Balaban J connectivity index is 1.28. The van der Waals surface area contributed by atoms with E-state index in [2.05, 4.69) is 4.90 Å². The number of halogens is 3. The van der Waals surface area contributed by atoms with E-state index in [1.807, 2.05) is 42.1 Å². The molecule has 0 bridgehead atoms. The summed E-state index contributed by atoms with van der Waals surface area (Å²) in [6.45, 7) is 2.23. The number of aromatic nitrogens is 1. The van der Waals surface area contributed by atoms with Gasteiger partial charge in [0.2, 0.25) is 0 Å². The van der Waals surface area contributed by atoms with Gasteiger partial charge in [0, 0.05) is 42.7 Å². The van der Waals surface area contributed by atoms with E-state index in [9.17, 15) is 18.0 Å². The molecule has 2 aromatic carbocycles. The number of benzene rings is 2. The molecule has 4 rings (SSSR count). The molecular formula is C25H27F3N2O. The quantitative estimate of drug-likeness (QED) is 0.445. The summed E-state index contributed by atoms with van der Waals surface area (Å²) in [6, 6.07) is 13.5. The van der Waals surface area contributed by atoms with Crippen molar-refractivity contribution in [1.29, 1.82) is 0 Å². The second-order valence-corrected chi connectivity index (χ2v) is 8.55. The molecule has 0 atom stereocenters. The van der Waals surface area contributed by atoms with Crippen molar-refractivity contribution in [2.45, 2.75) is 38.4 Å². The summed E-state index contributed by atoms with van der Waals surface area (Å²) in [5.74, 6) is 0.667. The molecule has 1 aliphatic heterocycles. The van der Waals surface area contributed by atoms with Crippen LogP contribution in [0.5, 0.6) is 0 Å². The van der Waals surface area contributed by atoms with Gasteiger partial charge >= 0.3 is 6.18 Å². The lowest BCUT2D eigenvalue weighted by molar-refractivity contribution is -0.137. The van der Waals surface area contributed by atoms with Crippen molar-refractivity contribution in [2.24, 2.45) is 13.0 Å². The van der Waals surface area contributed by atoms with Crippen LogP contribution in [0, 0.1) is 5.92 Å². The number of fused-ring (bicyclic) bond motifs is 1. The highest BCUT2D eigenvalue weighted by Gasteiger charge is 2.30. The van der Waals surface area contributed by atoms with E-state index in [1.54, 1.807) is 6.07 Å². The van der Waals surface area contributed by atoms with Crippen molar-refractivity contribution in [3.8, 4) is 0 Å². The number of likely N-dealkylation sites (tertiary alicyclic amines) is 1. The summed E-state index contributed by atoms with van der Waals surface area (Å²) in [5.41, 5.74) is 1.96. The van der Waals surface area contributed by atoms with Gasteiger partial charge < -0.3 is 4.57 Å². The van der Waals surface area contributed by atoms with E-state index in [0.717, 1.165) is 54.9 Å². The first kappa shape index (κ1) is 21.6. The zero-order valence-electron chi connectivity index (χ0n) is 17.7. The summed E-state index contributed by atoms with van der Waals surface area (Å²) in [5, 5.41) is 1.01. The molecule has 1 fully saturated rings. The Hall–Kier alpha value is -2.60. The minimum absolute atomic E-state index is 0.184. The zero-order valence-corrected chi connectivity index (χ0v) is 17.7. The van der Waals surface area contributed by atoms with Crippen LogP contribution in [-0.4, -0.2) is 28.3 Å². The van der Waals surface area contributed by atoms with Gasteiger partial charge in [0.05, 0.1) is 5.56 Å². The van der Waals surface area contributed by atoms with E-state index < -0.39 is 11.7 Å². The average molecular weight is 428 g/mol. The molecule has 0 amide bonds. The largest absolute Gasteiger partial charge is 0.416 e. The summed E-state index contributed by atoms with van der Waals surface area (Å²) in [6.07, 6.45) is 0.958. The van der Waals surface area contributed by atoms with E-state index in [4.69, 9.17) is 0 Å². The van der Waals surface area contributed by atoms with Crippen LogP contribution in [-0.2, 0) is 19.8 Å². The highest BCUT2D eigenvalue weighted by Crippen LogP contribution is 2.30. The molecule has 6 heteroatoms. The second-order valence-electron chi connectivity index (χ2n) is 8.55. The Morgan fingerprint density at radius 2 is 1.81 bits per heavy atom. The first-order valence-corrected chi connectivity index (χ1v) is 10.8. The van der Waals surface area contributed by atoms with E-state index in [0.29, 0.717) is 24.4 Å². The fourth-order valence-corrected chi connectivity index (χ4v) is 4.57. The lowest BCUT2D eigenvalue weighted by Crippen LogP contribution is -2.33. The molecule has 3 nitrogen and oxygen atoms in total. The molecule has 0 unspecified atom stereocenters. The van der Waals surface area contributed by atoms with Crippen molar-refractivity contribution >= 4 is 16.7 Å². The molecular weight excluding hydrogens is 401 g/mol. The van der Waals surface area contributed by atoms with Crippen LogP contribution >= 0.6 is 0 Å². The summed E-state index contributed by atoms with van der Waals surface area (Å²) < 4.78 is 40.7. The third-order valence-electron chi connectivity index (χ3n) is 6.34. The van der Waals surface area contributed by atoms with E-state index >= 15 is 0 Å². The number of para-hydroxylation sites is 1. The predicted octanol–water partition coefficient (Wildman–Crippen LogP) is 6.07. The molecule has 1 aliphatic rings. The zero-order chi connectivity index (χ0) is 22.0. The second kappa shape index (κ2) is 8.87. The van der Waals surface area contributed by atoms with Crippen LogP contribution in [0.1, 0.15) is 47.2 Å². The first-order chi connectivity index (χ1) is 14.8. The molecule has 0 saturated carbocycles. The number of Topliss-reactive ketones (excluding diaryl/α,β-unsaturated/α-hetero) is 1. The molecule has 0 spiro atoms. The third-order valence-corrected chi connectivity index (χ3v) is 6.34. The van der Waals surface area contributed by atoms with Crippen molar-refractivity contribution in [3.05, 3.63) is 71.4 Å². The van der Waals surface area contributed by atoms with Crippen LogP contribution in [0.3, 0.4) is 0 Å². The maximum Gasteiger partial charge on any atom is 0.416 e. The van der Waals surface area contributed by atoms with Crippen molar-refractivity contribution in [2.75, 3.05) is 13.1 Å². The maximum absolute atomic E-state index is 12.9. The smallest absolute Gasteiger partial charge is 0.350 e. The van der Waals surface area contributed by atoms with Crippen molar-refractivity contribution < 1.29 is 18.0 Å². The van der Waals surface area contributed by atoms with Crippen molar-refractivity contribution in [1.82, 2.24) is 9.47 Å². The van der Waals surface area contributed by atoms with Gasteiger partial charge in [-0.2, -0.15) is 13.2 Å². The standard InChI is InChI=1S/C25H27F3N2O/c1-29-17-22(21-7-2-3-8-23(21)29)24(31)10-9-18-11-13-30(14-12-18)16-19-5-4-6-20(15-19)25(26,27)28/h2-8,15,17-18H,9-14,16H2,1H3. The summed E-state index contributed by atoms with van der Waals surface area (Å²) in [7, 11) is 1.96. The monoisotopic (exact) mass is 428 g/mol. The minimum Gasteiger partial charge on any atom is -0.350 e. The van der Waals surface area contributed by atoms with Crippen LogP contribution in [0.2, 0.25) is 0 Å². The topological polar surface area (TPSA) is 25.2 Å². The normalized spacial score (nSPS) is 16.1. The Morgan fingerprint density at radius 3 is 2.55 bits per heavy atom. The number of hydrogen-bond donors (Lipinski definition) is 0. The van der Waals surface area contributed by atoms with Gasteiger partial charge in [-0.15, -0.1) is 0 Å². The molecule has 1 aromatic heterocycles. The number of nitrogens with zero attached hydrogens (tertiary/aromatic N) is 2. The molecule has 3 aromatic rings. The highest BCUT2D eigenvalue weighted by atomic mass is 19.4. The predicted molar refractivity (Wildman–Crippen MR) is 116 cm³/mol. The van der Waals surface area contributed by atoms with Crippen LogP contribution in [0.15, 0.2) is 54.7 Å². The van der Waals surface area contributed by atoms with Gasteiger partial charge in [-0.05, 0) is 56.0 Å². The molecule has 0 aliphatic carbocycles. The number of aryl methyl sites for hydroxylation is 1.